The second-order valence-corrected chi connectivity index (χ2v) is 16.8. The van der Waals surface area contributed by atoms with Crippen molar-refractivity contribution in [3.63, 3.8) is 0 Å². The van der Waals surface area contributed by atoms with Gasteiger partial charge in [-0.15, -0.1) is 0 Å². The maximum atomic E-state index is 11.2. The molecule has 0 radical (unpaired) electrons. The zero-order chi connectivity index (χ0) is 49.3. The molecule has 392 valence electrons. The fraction of sp³-hybridized carbons (Fsp3) is 1.00. The number of aliphatic hydroxyl groups is 20. The van der Waals surface area contributed by atoms with Crippen LogP contribution in [0.2, 0.25) is 0 Å². The molecule has 0 bridgehead atoms. The van der Waals surface area contributed by atoms with E-state index in [2.05, 4.69) is 0 Å². The number of aliphatic hydroxyl groups excluding tert-OH is 20. The minimum Gasteiger partial charge on any atom is -0.394 e. The highest BCUT2D eigenvalue weighted by Gasteiger charge is 2.57. The van der Waals surface area contributed by atoms with Crippen molar-refractivity contribution in [2.45, 2.75) is 184 Å². The topological polar surface area (TPSA) is 506 Å². The van der Waals surface area contributed by atoms with Gasteiger partial charge in [-0.05, 0) is 0 Å². The summed E-state index contributed by atoms with van der Waals surface area (Å²) in [6, 6.07) is 0. The van der Waals surface area contributed by atoms with E-state index in [1.54, 1.807) is 0 Å². The van der Waals surface area contributed by atoms with Gasteiger partial charge in [-0.1, -0.05) is 0 Å². The second kappa shape index (κ2) is 23.5. The Kier molecular flexibility index (Phi) is 19.4. The van der Waals surface area contributed by atoms with Crippen molar-refractivity contribution in [1.29, 1.82) is 0 Å². The van der Waals surface area contributed by atoms with Gasteiger partial charge in [0, 0.05) is 0 Å². The minimum atomic E-state index is -2.18. The summed E-state index contributed by atoms with van der Waals surface area (Å²) in [5.41, 5.74) is 0. The first-order chi connectivity index (χ1) is 31.8. The molecule has 6 fully saturated rings. The average Bonchev–Trinajstić information content (AvgIpc) is 3.32. The summed E-state index contributed by atoms with van der Waals surface area (Å²) in [6.07, 6.45) is -56.5. The Morgan fingerprint density at radius 1 is 0.224 bits per heavy atom. The third kappa shape index (κ3) is 11.2. The summed E-state index contributed by atoms with van der Waals surface area (Å²) in [4.78, 5) is 0. The molecule has 31 nitrogen and oxygen atoms in total. The zero-order valence-corrected chi connectivity index (χ0v) is 35.0. The largest absolute Gasteiger partial charge is 0.394 e. The maximum absolute atomic E-state index is 11.2. The van der Waals surface area contributed by atoms with Crippen LogP contribution in [-0.2, 0) is 52.1 Å². The predicted octanol–water partition coefficient (Wildman–Crippen LogP) is -14.1. The Hall–Kier alpha value is -1.24. The molecule has 0 aliphatic carbocycles. The van der Waals surface area contributed by atoms with Crippen LogP contribution in [0.1, 0.15) is 0 Å². The van der Waals surface area contributed by atoms with Crippen LogP contribution in [0.25, 0.3) is 0 Å². The first-order valence-corrected chi connectivity index (χ1v) is 21.1. The van der Waals surface area contributed by atoms with Crippen LogP contribution in [0, 0.1) is 0 Å². The van der Waals surface area contributed by atoms with Crippen molar-refractivity contribution in [3.8, 4) is 0 Å². The Bertz CT molecular complexity index is 1500. The summed E-state index contributed by atoms with van der Waals surface area (Å²) in [5, 5.41) is 209. The summed E-state index contributed by atoms with van der Waals surface area (Å²) < 4.78 is 60.5. The van der Waals surface area contributed by atoms with Crippen LogP contribution in [0.3, 0.4) is 0 Å². The fourth-order valence-corrected chi connectivity index (χ4v) is 8.52. The zero-order valence-electron chi connectivity index (χ0n) is 35.0. The summed E-state index contributed by atoms with van der Waals surface area (Å²) in [6.45, 7) is -5.67. The van der Waals surface area contributed by atoms with Gasteiger partial charge in [0.15, 0.2) is 37.7 Å². The van der Waals surface area contributed by atoms with Crippen LogP contribution in [0.15, 0.2) is 0 Å². The Balaban J connectivity index is 1.07. The van der Waals surface area contributed by atoms with E-state index in [0.29, 0.717) is 0 Å². The molecule has 0 aromatic carbocycles. The van der Waals surface area contributed by atoms with Gasteiger partial charge in [0.05, 0.1) is 39.6 Å². The van der Waals surface area contributed by atoms with E-state index in [1.165, 1.54) is 0 Å². The normalized spacial score (nSPS) is 53.4. The molecule has 30 atom stereocenters. The highest BCUT2D eigenvalue weighted by atomic mass is 16.8. The van der Waals surface area contributed by atoms with Gasteiger partial charge in [0.25, 0.3) is 0 Å². The second-order valence-electron chi connectivity index (χ2n) is 16.8. The van der Waals surface area contributed by atoms with Gasteiger partial charge in [-0.25, -0.2) is 0 Å². The summed E-state index contributed by atoms with van der Waals surface area (Å²) in [7, 11) is 0. The number of ether oxygens (including phenoxy) is 11. The monoisotopic (exact) mass is 990 g/mol. The van der Waals surface area contributed by atoms with Crippen molar-refractivity contribution < 1.29 is 154 Å². The van der Waals surface area contributed by atoms with E-state index in [0.717, 1.165) is 0 Å². The summed E-state index contributed by atoms with van der Waals surface area (Å²) in [5.74, 6) is 0. The number of hydrogen-bond acceptors (Lipinski definition) is 31. The first kappa shape index (κ1) is 55.1. The molecular weight excluding hydrogens is 928 g/mol. The molecule has 67 heavy (non-hydrogen) atoms. The molecule has 0 aromatic rings. The third-order valence-electron chi connectivity index (χ3n) is 12.4. The number of hydrogen-bond donors (Lipinski definition) is 20. The third-order valence-corrected chi connectivity index (χ3v) is 12.4. The van der Waals surface area contributed by atoms with E-state index < -0.39 is 224 Å². The van der Waals surface area contributed by atoms with Crippen molar-refractivity contribution >= 4 is 0 Å². The van der Waals surface area contributed by atoms with Gasteiger partial charge in [0.2, 0.25) is 0 Å². The molecule has 0 saturated carbocycles. The van der Waals surface area contributed by atoms with Gasteiger partial charge in [0.1, 0.15) is 146 Å². The van der Waals surface area contributed by atoms with Crippen molar-refractivity contribution in [2.24, 2.45) is 0 Å². The molecule has 6 aliphatic rings. The maximum Gasteiger partial charge on any atom is 0.187 e. The van der Waals surface area contributed by atoms with Gasteiger partial charge in [-0.2, -0.15) is 0 Å². The standard InChI is InChI=1S/C36H62O31/c37-1-7-13(43)14(44)21(51)32(58-7)64-27-9(3-39)60-34(23(53)16(27)46)66-29-11(5-41)62-36(25(55)18(29)48)67-30-12(6-42)61-35(24(54)19(30)49)65-28-10(4-40)59-33(22(52)17(28)47)63-26-8(2-38)57-31(56)20(50)15(26)45/h7-56H,1-6H2/t7-,8-,9-,10-,11-,12-,13-,14+,15-,16-,17-,18-,19-,20-,21-,22-,23-,24-,25-,26-,27-,28-,29-,30-,31+,32+,33+,34+,35+,36+/m1/s1. The van der Waals surface area contributed by atoms with Crippen LogP contribution in [-0.4, -0.2) is 326 Å². The van der Waals surface area contributed by atoms with Gasteiger partial charge >= 0.3 is 0 Å². The van der Waals surface area contributed by atoms with E-state index in [9.17, 15) is 102 Å². The highest BCUT2D eigenvalue weighted by Crippen LogP contribution is 2.36. The number of rotatable bonds is 16. The smallest absolute Gasteiger partial charge is 0.187 e. The quantitative estimate of drug-likeness (QED) is 0.0683. The predicted molar refractivity (Wildman–Crippen MR) is 199 cm³/mol. The van der Waals surface area contributed by atoms with Gasteiger partial charge < -0.3 is 154 Å². The Labute approximate surface area is 378 Å². The molecule has 6 saturated heterocycles. The molecular formula is C36H62O31. The Morgan fingerprint density at radius 3 is 0.687 bits per heavy atom. The summed E-state index contributed by atoms with van der Waals surface area (Å²) >= 11 is 0. The lowest BCUT2D eigenvalue weighted by atomic mass is 9.95. The first-order valence-electron chi connectivity index (χ1n) is 21.1. The lowest BCUT2D eigenvalue weighted by molar-refractivity contribution is -0.396. The molecule has 20 N–H and O–H groups in total. The van der Waals surface area contributed by atoms with Crippen molar-refractivity contribution in [3.05, 3.63) is 0 Å². The fourth-order valence-electron chi connectivity index (χ4n) is 8.52. The molecule has 6 heterocycles. The van der Waals surface area contributed by atoms with E-state index in [-0.39, 0.29) is 0 Å². The molecule has 0 amide bonds. The van der Waals surface area contributed by atoms with E-state index in [4.69, 9.17) is 52.1 Å². The molecule has 6 rings (SSSR count). The van der Waals surface area contributed by atoms with Crippen LogP contribution >= 0.6 is 0 Å². The molecule has 6 aliphatic heterocycles. The van der Waals surface area contributed by atoms with Crippen molar-refractivity contribution in [2.75, 3.05) is 39.6 Å². The molecule has 0 unspecified atom stereocenters. The van der Waals surface area contributed by atoms with Crippen molar-refractivity contribution in [1.82, 2.24) is 0 Å². The molecule has 0 aromatic heterocycles. The lowest BCUT2D eigenvalue weighted by Gasteiger charge is -2.49. The highest BCUT2D eigenvalue weighted by molar-refractivity contribution is 5.00. The van der Waals surface area contributed by atoms with E-state index in [1.807, 2.05) is 0 Å². The SMILES string of the molecule is OC[C@H]1O[C@@H](O[C@H]2[C@H](O)[C@@H](O)[C@H](O[C@H]3[C@H](O)[C@@H](O)[C@H](O[C@H]4[C@H](O)[C@@H](O)[C@H](O[C@H]5[C@H](O)[C@@H](O)[C@H](O[C@H]6[C@H](O)[C@@H](O)[C@@H](O)O[C@@H]6CO)O[C@@H]5CO)O[C@@H]4CO)O[C@@H]3CO)O[C@@H]2CO)[C@H](O)[C@@H](O)[C@@H]1O. The van der Waals surface area contributed by atoms with Gasteiger partial charge in [-0.3, -0.25) is 0 Å². The van der Waals surface area contributed by atoms with Crippen LogP contribution in [0.4, 0.5) is 0 Å². The average molecular weight is 991 g/mol. The van der Waals surface area contributed by atoms with E-state index >= 15 is 0 Å². The van der Waals surface area contributed by atoms with Crippen LogP contribution in [0.5, 0.6) is 0 Å². The molecule has 31 heteroatoms. The lowest BCUT2D eigenvalue weighted by Crippen LogP contribution is -2.68. The Morgan fingerprint density at radius 2 is 0.433 bits per heavy atom. The minimum absolute atomic E-state index is 0.830. The molecule has 0 spiro atoms. The van der Waals surface area contributed by atoms with Crippen LogP contribution < -0.4 is 0 Å².